The molecule has 0 fully saturated rings. The molecule has 24 heavy (non-hydrogen) atoms. The van der Waals surface area contributed by atoms with Gasteiger partial charge < -0.3 is 15.7 Å². The van der Waals surface area contributed by atoms with Crippen molar-refractivity contribution in [1.29, 1.82) is 0 Å². The summed E-state index contributed by atoms with van der Waals surface area (Å²) >= 11 is 0. The van der Waals surface area contributed by atoms with E-state index < -0.39 is 11.6 Å². The number of fused-ring (bicyclic) bond motifs is 1. The normalized spacial score (nSPS) is 10.8. The van der Waals surface area contributed by atoms with Crippen molar-refractivity contribution in [3.05, 3.63) is 54.1 Å². The molecule has 0 aliphatic heterocycles. The summed E-state index contributed by atoms with van der Waals surface area (Å²) in [5.41, 5.74) is 0.775. The number of anilines is 3. The smallest absolute Gasteiger partial charge is 0.229 e. The summed E-state index contributed by atoms with van der Waals surface area (Å²) in [4.78, 5) is 8.71. The van der Waals surface area contributed by atoms with Crippen molar-refractivity contribution in [2.45, 2.75) is 6.42 Å². The first-order valence-corrected chi connectivity index (χ1v) is 7.51. The zero-order valence-electron chi connectivity index (χ0n) is 12.8. The van der Waals surface area contributed by atoms with E-state index >= 15 is 0 Å². The summed E-state index contributed by atoms with van der Waals surface area (Å²) in [6, 6.07) is 10.7. The number of aromatic nitrogens is 2. The summed E-state index contributed by atoms with van der Waals surface area (Å²) in [5.74, 6) is -0.588. The third-order valence-corrected chi connectivity index (χ3v) is 3.41. The number of nitrogens with one attached hydrogen (secondary N) is 2. The minimum atomic E-state index is -0.721. The molecule has 3 aromatic rings. The zero-order chi connectivity index (χ0) is 16.9. The SMILES string of the molecule is OCCCNc1nc(Nc2ccc(F)cc2F)nc2ccccc12. The number of aliphatic hydroxyl groups is 1. The minimum Gasteiger partial charge on any atom is -0.396 e. The highest BCUT2D eigenvalue weighted by atomic mass is 19.1. The Morgan fingerprint density at radius 1 is 1.04 bits per heavy atom. The molecule has 124 valence electrons. The van der Waals surface area contributed by atoms with Crippen LogP contribution >= 0.6 is 0 Å². The molecule has 3 rings (SSSR count). The van der Waals surface area contributed by atoms with E-state index in [1.807, 2.05) is 24.3 Å². The quantitative estimate of drug-likeness (QED) is 0.604. The highest BCUT2D eigenvalue weighted by molar-refractivity contribution is 5.90. The Morgan fingerprint density at radius 2 is 1.88 bits per heavy atom. The van der Waals surface area contributed by atoms with Gasteiger partial charge >= 0.3 is 0 Å². The molecule has 5 nitrogen and oxygen atoms in total. The zero-order valence-corrected chi connectivity index (χ0v) is 12.8. The lowest BCUT2D eigenvalue weighted by Gasteiger charge is -2.12. The fraction of sp³-hybridized carbons (Fsp3) is 0.176. The summed E-state index contributed by atoms with van der Waals surface area (Å²) in [6.45, 7) is 0.615. The van der Waals surface area contributed by atoms with Crippen LogP contribution in [0.15, 0.2) is 42.5 Å². The Morgan fingerprint density at radius 3 is 2.67 bits per heavy atom. The van der Waals surface area contributed by atoms with Crippen LogP contribution in [0.5, 0.6) is 0 Å². The van der Waals surface area contributed by atoms with Gasteiger partial charge in [0.1, 0.15) is 17.5 Å². The van der Waals surface area contributed by atoms with Crippen LogP contribution < -0.4 is 10.6 Å². The lowest BCUT2D eigenvalue weighted by atomic mass is 10.2. The highest BCUT2D eigenvalue weighted by Crippen LogP contribution is 2.24. The standard InChI is InChI=1S/C17H16F2N4O/c18-11-6-7-15(13(19)10-11)22-17-21-14-5-2-1-4-12(14)16(23-17)20-8-3-9-24/h1-2,4-7,10,24H,3,8-9H2,(H2,20,21,22,23). The molecule has 2 aromatic carbocycles. The Bertz CT molecular complexity index is 857. The summed E-state index contributed by atoms with van der Waals surface area (Å²) in [5, 5.41) is 15.6. The average Bonchev–Trinajstić information content (AvgIpc) is 2.57. The van der Waals surface area contributed by atoms with Gasteiger partial charge in [-0.15, -0.1) is 0 Å². The summed E-state index contributed by atoms with van der Waals surface area (Å²) in [7, 11) is 0. The molecule has 1 aromatic heterocycles. The second-order valence-electron chi connectivity index (χ2n) is 5.17. The first-order chi connectivity index (χ1) is 11.7. The molecule has 0 radical (unpaired) electrons. The molecule has 0 bridgehead atoms. The maximum absolute atomic E-state index is 13.8. The molecule has 0 saturated heterocycles. The van der Waals surface area contributed by atoms with E-state index in [1.165, 1.54) is 6.07 Å². The first kappa shape index (κ1) is 16.1. The van der Waals surface area contributed by atoms with E-state index in [4.69, 9.17) is 5.11 Å². The molecule has 0 spiro atoms. The van der Waals surface area contributed by atoms with Crippen LogP contribution in [-0.4, -0.2) is 28.2 Å². The lowest BCUT2D eigenvalue weighted by molar-refractivity contribution is 0.292. The number of para-hydroxylation sites is 1. The molecule has 0 aliphatic rings. The number of benzene rings is 2. The van der Waals surface area contributed by atoms with Crippen molar-refractivity contribution in [1.82, 2.24) is 9.97 Å². The second-order valence-corrected chi connectivity index (χ2v) is 5.17. The number of nitrogens with zero attached hydrogens (tertiary/aromatic N) is 2. The topological polar surface area (TPSA) is 70.1 Å². The van der Waals surface area contributed by atoms with Crippen molar-refractivity contribution in [2.24, 2.45) is 0 Å². The molecule has 7 heteroatoms. The molecule has 0 aliphatic carbocycles. The lowest BCUT2D eigenvalue weighted by Crippen LogP contribution is -2.08. The molecule has 1 heterocycles. The molecule has 0 unspecified atom stereocenters. The maximum Gasteiger partial charge on any atom is 0.229 e. The predicted molar refractivity (Wildman–Crippen MR) is 89.4 cm³/mol. The van der Waals surface area contributed by atoms with Crippen LogP contribution in [0.2, 0.25) is 0 Å². The van der Waals surface area contributed by atoms with Crippen LogP contribution in [-0.2, 0) is 0 Å². The van der Waals surface area contributed by atoms with Crippen LogP contribution in [0, 0.1) is 11.6 Å². The maximum atomic E-state index is 13.8. The molecule has 0 atom stereocenters. The Labute approximate surface area is 137 Å². The number of rotatable bonds is 6. The van der Waals surface area contributed by atoms with Gasteiger partial charge in [-0.25, -0.2) is 13.8 Å². The van der Waals surface area contributed by atoms with E-state index in [1.54, 1.807) is 0 Å². The van der Waals surface area contributed by atoms with Gasteiger partial charge in [-0.05, 0) is 30.7 Å². The first-order valence-electron chi connectivity index (χ1n) is 7.51. The second kappa shape index (κ2) is 7.18. The Kier molecular flexibility index (Phi) is 4.81. The third-order valence-electron chi connectivity index (χ3n) is 3.41. The van der Waals surface area contributed by atoms with Gasteiger partial charge in [0.25, 0.3) is 0 Å². The fourth-order valence-corrected chi connectivity index (χ4v) is 2.26. The van der Waals surface area contributed by atoms with Crippen molar-refractivity contribution in [3.63, 3.8) is 0 Å². The van der Waals surface area contributed by atoms with Crippen LogP contribution in [0.1, 0.15) is 6.42 Å². The van der Waals surface area contributed by atoms with Gasteiger partial charge in [0.2, 0.25) is 5.95 Å². The van der Waals surface area contributed by atoms with E-state index in [0.29, 0.717) is 24.3 Å². The average molecular weight is 330 g/mol. The minimum absolute atomic E-state index is 0.0713. The van der Waals surface area contributed by atoms with Crippen molar-refractivity contribution in [2.75, 3.05) is 23.8 Å². The van der Waals surface area contributed by atoms with Gasteiger partial charge in [0.15, 0.2) is 0 Å². The molecule has 0 saturated carbocycles. The number of hydrogen-bond donors (Lipinski definition) is 3. The van der Waals surface area contributed by atoms with Crippen molar-refractivity contribution < 1.29 is 13.9 Å². The van der Waals surface area contributed by atoms with Gasteiger partial charge in [-0.3, -0.25) is 0 Å². The number of hydrogen-bond acceptors (Lipinski definition) is 5. The predicted octanol–water partition coefficient (Wildman–Crippen LogP) is 3.45. The monoisotopic (exact) mass is 330 g/mol. The van der Waals surface area contributed by atoms with Crippen LogP contribution in [0.4, 0.5) is 26.2 Å². The summed E-state index contributed by atoms with van der Waals surface area (Å²) in [6.07, 6.45) is 0.577. The number of halogens is 2. The molecular formula is C17H16F2N4O. The van der Waals surface area contributed by atoms with Gasteiger partial charge in [0.05, 0.1) is 11.2 Å². The Hall–Kier alpha value is -2.80. The van der Waals surface area contributed by atoms with E-state index in [2.05, 4.69) is 20.6 Å². The third kappa shape index (κ3) is 3.57. The largest absolute Gasteiger partial charge is 0.396 e. The fourth-order valence-electron chi connectivity index (χ4n) is 2.26. The van der Waals surface area contributed by atoms with Crippen LogP contribution in [0.25, 0.3) is 10.9 Å². The summed E-state index contributed by atoms with van der Waals surface area (Å²) < 4.78 is 26.8. The molecular weight excluding hydrogens is 314 g/mol. The van der Waals surface area contributed by atoms with Gasteiger partial charge in [-0.1, -0.05) is 12.1 Å². The van der Waals surface area contributed by atoms with Crippen LogP contribution in [0.3, 0.4) is 0 Å². The number of aliphatic hydroxyl groups excluding tert-OH is 1. The van der Waals surface area contributed by atoms with Gasteiger partial charge in [0, 0.05) is 24.6 Å². The van der Waals surface area contributed by atoms with Gasteiger partial charge in [-0.2, -0.15) is 4.98 Å². The Balaban J connectivity index is 1.95. The van der Waals surface area contributed by atoms with E-state index in [-0.39, 0.29) is 18.2 Å². The van der Waals surface area contributed by atoms with Crippen molar-refractivity contribution in [3.8, 4) is 0 Å². The molecule has 0 amide bonds. The van der Waals surface area contributed by atoms with E-state index in [0.717, 1.165) is 17.5 Å². The van der Waals surface area contributed by atoms with E-state index in [9.17, 15) is 8.78 Å². The highest BCUT2D eigenvalue weighted by Gasteiger charge is 2.10. The van der Waals surface area contributed by atoms with Crippen molar-refractivity contribution >= 4 is 28.4 Å². The molecule has 3 N–H and O–H groups in total.